The third-order valence-electron chi connectivity index (χ3n) is 2.01. The van der Waals surface area contributed by atoms with Crippen LogP contribution in [0, 0.1) is 0 Å². The predicted molar refractivity (Wildman–Crippen MR) is 71.0 cm³/mol. The molecule has 0 amide bonds. The molecule has 0 atom stereocenters. The van der Waals surface area contributed by atoms with Crippen LogP contribution in [-0.2, 0) is 4.74 Å². The quantitative estimate of drug-likeness (QED) is 0.789. The number of rotatable bonds is 6. The second-order valence-corrected chi connectivity index (χ2v) is 4.95. The van der Waals surface area contributed by atoms with E-state index in [1.54, 1.807) is 19.2 Å². The highest BCUT2D eigenvalue weighted by molar-refractivity contribution is 5.49. The van der Waals surface area contributed by atoms with Gasteiger partial charge in [-0.25, -0.2) is 0 Å². The van der Waals surface area contributed by atoms with Crippen molar-refractivity contribution in [1.29, 1.82) is 0 Å². The van der Waals surface area contributed by atoms with E-state index in [0.717, 1.165) is 6.42 Å². The van der Waals surface area contributed by atoms with Crippen LogP contribution in [0.15, 0.2) is 12.1 Å². The summed E-state index contributed by atoms with van der Waals surface area (Å²) in [6.07, 6.45) is 0.817. The molecule has 0 aliphatic heterocycles. The van der Waals surface area contributed by atoms with Gasteiger partial charge in [0.1, 0.15) is 5.60 Å². The van der Waals surface area contributed by atoms with Crippen molar-refractivity contribution in [3.05, 3.63) is 12.1 Å². The summed E-state index contributed by atoms with van der Waals surface area (Å²) >= 11 is 0. The molecule has 5 heteroatoms. The Morgan fingerprint density at radius 2 is 1.94 bits per heavy atom. The molecule has 0 aromatic carbocycles. The van der Waals surface area contributed by atoms with E-state index in [2.05, 4.69) is 4.98 Å². The summed E-state index contributed by atoms with van der Waals surface area (Å²) in [6, 6.07) is 3.47. The van der Waals surface area contributed by atoms with E-state index in [4.69, 9.17) is 19.9 Å². The van der Waals surface area contributed by atoms with E-state index in [1.165, 1.54) is 0 Å². The first-order valence-corrected chi connectivity index (χ1v) is 5.99. The van der Waals surface area contributed by atoms with Crippen molar-refractivity contribution in [3.8, 4) is 11.8 Å². The van der Waals surface area contributed by atoms with Crippen LogP contribution in [0.2, 0.25) is 0 Å². The predicted octanol–water partition coefficient (Wildman–Crippen LogP) is 2.26. The summed E-state index contributed by atoms with van der Waals surface area (Å²) in [4.78, 5) is 4.25. The van der Waals surface area contributed by atoms with Crippen molar-refractivity contribution in [2.75, 3.05) is 26.1 Å². The minimum atomic E-state index is -0.338. The number of hydrogen-bond donors (Lipinski definition) is 1. The van der Waals surface area contributed by atoms with Crippen LogP contribution in [0.5, 0.6) is 11.8 Å². The van der Waals surface area contributed by atoms with Crippen LogP contribution in [0.25, 0.3) is 0 Å². The molecule has 18 heavy (non-hydrogen) atoms. The molecule has 1 aromatic rings. The highest BCUT2D eigenvalue weighted by atomic mass is 16.5. The normalized spacial score (nSPS) is 11.3. The number of ether oxygens (including phenoxy) is 3. The molecule has 0 bridgehead atoms. The summed E-state index contributed by atoms with van der Waals surface area (Å²) < 4.78 is 16.1. The first-order valence-electron chi connectivity index (χ1n) is 5.99. The Morgan fingerprint density at radius 1 is 1.22 bits per heavy atom. The average Bonchev–Trinajstić information content (AvgIpc) is 2.27. The fraction of sp³-hybridized carbons (Fsp3) is 0.615. The van der Waals surface area contributed by atoms with Gasteiger partial charge in [0.15, 0.2) is 0 Å². The molecule has 102 valence electrons. The third-order valence-corrected chi connectivity index (χ3v) is 2.01. The average molecular weight is 254 g/mol. The molecule has 0 saturated heterocycles. The molecule has 0 radical (unpaired) electrons. The highest BCUT2D eigenvalue weighted by Crippen LogP contribution is 2.25. The third kappa shape index (κ3) is 5.23. The zero-order valence-electron chi connectivity index (χ0n) is 11.5. The van der Waals surface area contributed by atoms with Gasteiger partial charge >= 0.3 is 0 Å². The monoisotopic (exact) mass is 254 g/mol. The topological polar surface area (TPSA) is 66.6 Å². The largest absolute Gasteiger partial charge is 0.477 e. The number of nitrogens with two attached hydrogens (primary N) is 1. The molecule has 0 aliphatic carbocycles. The van der Waals surface area contributed by atoms with Crippen molar-refractivity contribution in [2.45, 2.75) is 32.8 Å². The molecule has 0 unspecified atom stereocenters. The van der Waals surface area contributed by atoms with E-state index < -0.39 is 0 Å². The van der Waals surface area contributed by atoms with Crippen molar-refractivity contribution < 1.29 is 14.2 Å². The van der Waals surface area contributed by atoms with E-state index in [1.807, 2.05) is 20.8 Å². The molecule has 0 saturated carbocycles. The lowest BCUT2D eigenvalue weighted by Gasteiger charge is -2.21. The van der Waals surface area contributed by atoms with Gasteiger partial charge < -0.3 is 19.9 Å². The molecule has 5 nitrogen and oxygen atoms in total. The smallest absolute Gasteiger partial charge is 0.241 e. The number of aromatic nitrogens is 1. The minimum Gasteiger partial charge on any atom is -0.477 e. The maximum Gasteiger partial charge on any atom is 0.241 e. The van der Waals surface area contributed by atoms with E-state index in [0.29, 0.717) is 30.7 Å². The Morgan fingerprint density at radius 3 is 2.56 bits per heavy atom. The fourth-order valence-corrected chi connectivity index (χ4v) is 1.27. The van der Waals surface area contributed by atoms with Crippen LogP contribution < -0.4 is 15.2 Å². The van der Waals surface area contributed by atoms with Crippen molar-refractivity contribution in [2.24, 2.45) is 0 Å². The molecule has 2 N–H and O–H groups in total. The van der Waals surface area contributed by atoms with Crippen LogP contribution >= 0.6 is 0 Å². The molecule has 1 heterocycles. The van der Waals surface area contributed by atoms with Gasteiger partial charge in [-0.2, -0.15) is 4.98 Å². The Kier molecular flexibility index (Phi) is 5.22. The van der Waals surface area contributed by atoms with Gasteiger partial charge in [-0.1, -0.05) is 0 Å². The van der Waals surface area contributed by atoms with Crippen LogP contribution in [-0.4, -0.2) is 30.9 Å². The first-order chi connectivity index (χ1) is 8.42. The lowest BCUT2D eigenvalue weighted by atomic mass is 10.2. The van der Waals surface area contributed by atoms with Crippen molar-refractivity contribution in [1.82, 2.24) is 4.98 Å². The Balaban J connectivity index is 2.63. The van der Waals surface area contributed by atoms with Crippen LogP contribution in [0.1, 0.15) is 27.2 Å². The molecule has 1 rings (SSSR count). The fourth-order valence-electron chi connectivity index (χ4n) is 1.27. The van der Waals surface area contributed by atoms with E-state index in [9.17, 15) is 0 Å². The second-order valence-electron chi connectivity index (χ2n) is 4.95. The Bertz CT molecular complexity index is 375. The van der Waals surface area contributed by atoms with E-state index >= 15 is 0 Å². The van der Waals surface area contributed by atoms with Crippen molar-refractivity contribution >= 4 is 5.69 Å². The summed E-state index contributed by atoms with van der Waals surface area (Å²) in [5, 5.41) is 0. The van der Waals surface area contributed by atoms with Gasteiger partial charge in [0, 0.05) is 26.2 Å². The minimum absolute atomic E-state index is 0.338. The summed E-state index contributed by atoms with van der Waals surface area (Å²) in [5.74, 6) is 0.922. The molecule has 0 spiro atoms. The standard InChI is InChI=1S/C13H22N2O3/c1-13(2,3)18-12-10(14)6-7-11(15-12)17-9-5-8-16-4/h6-7H,5,8-9,14H2,1-4H3. The zero-order chi connectivity index (χ0) is 13.6. The molecule has 0 aliphatic rings. The highest BCUT2D eigenvalue weighted by Gasteiger charge is 2.15. The number of nitrogens with zero attached hydrogens (tertiary/aromatic N) is 1. The zero-order valence-corrected chi connectivity index (χ0v) is 11.5. The van der Waals surface area contributed by atoms with E-state index in [-0.39, 0.29) is 5.60 Å². The number of hydrogen-bond acceptors (Lipinski definition) is 5. The van der Waals surface area contributed by atoms with Gasteiger partial charge in [0.2, 0.25) is 11.8 Å². The lowest BCUT2D eigenvalue weighted by Crippen LogP contribution is -2.24. The summed E-state index contributed by atoms with van der Waals surface area (Å²) in [6.45, 7) is 7.06. The maximum atomic E-state index is 5.81. The van der Waals surface area contributed by atoms with Gasteiger partial charge in [-0.05, 0) is 26.8 Å². The number of methoxy groups -OCH3 is 1. The molecular formula is C13H22N2O3. The summed E-state index contributed by atoms with van der Waals surface area (Å²) in [7, 11) is 1.66. The second kappa shape index (κ2) is 6.44. The lowest BCUT2D eigenvalue weighted by molar-refractivity contribution is 0.123. The Hall–Kier alpha value is -1.49. The van der Waals surface area contributed by atoms with Gasteiger partial charge in [-0.3, -0.25) is 0 Å². The summed E-state index contributed by atoms with van der Waals surface area (Å²) in [5.41, 5.74) is 5.98. The molecule has 1 aromatic heterocycles. The van der Waals surface area contributed by atoms with Crippen LogP contribution in [0.3, 0.4) is 0 Å². The molecule has 0 fully saturated rings. The SMILES string of the molecule is COCCCOc1ccc(N)c(OC(C)(C)C)n1. The van der Waals surface area contributed by atoms with Gasteiger partial charge in [0.25, 0.3) is 0 Å². The van der Waals surface area contributed by atoms with Gasteiger partial charge in [-0.15, -0.1) is 0 Å². The van der Waals surface area contributed by atoms with Crippen LogP contribution in [0.4, 0.5) is 5.69 Å². The Labute approximate surface area is 108 Å². The number of nitrogen functional groups attached to an aromatic ring is 1. The number of anilines is 1. The molecular weight excluding hydrogens is 232 g/mol. The number of pyridine rings is 1. The van der Waals surface area contributed by atoms with Crippen molar-refractivity contribution in [3.63, 3.8) is 0 Å². The maximum absolute atomic E-state index is 5.81. The first kappa shape index (κ1) is 14.6. The van der Waals surface area contributed by atoms with Gasteiger partial charge in [0.05, 0.1) is 12.3 Å².